The van der Waals surface area contributed by atoms with Crippen LogP contribution in [0.15, 0.2) is 47.3 Å². The SMILES string of the molecule is Nc1ncc(Br)c(Nc2cccc3cnccc23)n1. The van der Waals surface area contributed by atoms with Crippen LogP contribution in [0.4, 0.5) is 17.5 Å². The third-order valence-corrected chi connectivity index (χ3v) is 3.28. The molecule has 0 aliphatic rings. The summed E-state index contributed by atoms with van der Waals surface area (Å²) in [6, 6.07) is 7.91. The molecule has 2 aromatic heterocycles. The molecule has 0 saturated heterocycles. The zero-order valence-corrected chi connectivity index (χ0v) is 11.4. The van der Waals surface area contributed by atoms with Crippen molar-refractivity contribution in [3.05, 3.63) is 47.3 Å². The molecule has 6 heteroatoms. The molecule has 0 atom stereocenters. The number of nitrogens with two attached hydrogens (primary N) is 1. The van der Waals surface area contributed by atoms with Crippen LogP contribution < -0.4 is 11.1 Å². The number of nitrogen functional groups attached to an aromatic ring is 1. The largest absolute Gasteiger partial charge is 0.368 e. The second-order valence-electron chi connectivity index (χ2n) is 3.95. The van der Waals surface area contributed by atoms with E-state index in [0.29, 0.717) is 5.82 Å². The fourth-order valence-electron chi connectivity index (χ4n) is 1.83. The predicted molar refractivity (Wildman–Crippen MR) is 79.2 cm³/mol. The lowest BCUT2D eigenvalue weighted by molar-refractivity contribution is 1.17. The summed E-state index contributed by atoms with van der Waals surface area (Å²) in [6.07, 6.45) is 5.21. The summed E-state index contributed by atoms with van der Waals surface area (Å²) in [6.45, 7) is 0. The molecule has 0 radical (unpaired) electrons. The Hall–Kier alpha value is -2.21. The number of anilines is 3. The molecule has 3 N–H and O–H groups in total. The van der Waals surface area contributed by atoms with Crippen molar-refractivity contribution in [3.8, 4) is 0 Å². The van der Waals surface area contributed by atoms with Crippen LogP contribution in [0, 0.1) is 0 Å². The van der Waals surface area contributed by atoms with Gasteiger partial charge in [-0.15, -0.1) is 0 Å². The topological polar surface area (TPSA) is 76.7 Å². The Morgan fingerprint density at radius 3 is 2.95 bits per heavy atom. The first kappa shape index (κ1) is 11.9. The lowest BCUT2D eigenvalue weighted by Crippen LogP contribution is -2.00. The standard InChI is InChI=1S/C13H10BrN5/c14-10-7-17-13(15)19-12(10)18-11-3-1-2-8-6-16-5-4-9(8)11/h1-7H,(H3,15,17,18,19). The Labute approximate surface area is 118 Å². The number of hydrogen-bond acceptors (Lipinski definition) is 5. The monoisotopic (exact) mass is 315 g/mol. The molecule has 19 heavy (non-hydrogen) atoms. The molecule has 0 bridgehead atoms. The van der Waals surface area contributed by atoms with Crippen molar-refractivity contribution in [1.82, 2.24) is 15.0 Å². The van der Waals surface area contributed by atoms with E-state index in [2.05, 4.69) is 36.2 Å². The third-order valence-electron chi connectivity index (χ3n) is 2.70. The number of fused-ring (bicyclic) bond motifs is 1. The molecule has 3 aromatic rings. The van der Waals surface area contributed by atoms with Crippen molar-refractivity contribution in [1.29, 1.82) is 0 Å². The molecular weight excluding hydrogens is 306 g/mol. The predicted octanol–water partition coefficient (Wildman–Crippen LogP) is 3.11. The van der Waals surface area contributed by atoms with Gasteiger partial charge in [-0.1, -0.05) is 12.1 Å². The van der Waals surface area contributed by atoms with Crippen molar-refractivity contribution >= 4 is 44.2 Å². The summed E-state index contributed by atoms with van der Waals surface area (Å²) < 4.78 is 0.757. The fourth-order valence-corrected chi connectivity index (χ4v) is 2.12. The maximum absolute atomic E-state index is 5.60. The Kier molecular flexibility index (Phi) is 3.00. The molecule has 5 nitrogen and oxygen atoms in total. The zero-order valence-electron chi connectivity index (χ0n) is 9.84. The van der Waals surface area contributed by atoms with E-state index in [9.17, 15) is 0 Å². The maximum Gasteiger partial charge on any atom is 0.222 e. The van der Waals surface area contributed by atoms with Crippen LogP contribution in [-0.4, -0.2) is 15.0 Å². The Bertz CT molecular complexity index is 739. The smallest absolute Gasteiger partial charge is 0.222 e. The van der Waals surface area contributed by atoms with Gasteiger partial charge in [0, 0.05) is 35.1 Å². The lowest BCUT2D eigenvalue weighted by atomic mass is 10.1. The normalized spacial score (nSPS) is 10.6. The van der Waals surface area contributed by atoms with Crippen molar-refractivity contribution in [2.45, 2.75) is 0 Å². The summed E-state index contributed by atoms with van der Waals surface area (Å²) >= 11 is 3.40. The van der Waals surface area contributed by atoms with Crippen LogP contribution >= 0.6 is 15.9 Å². The van der Waals surface area contributed by atoms with Crippen LogP contribution in [-0.2, 0) is 0 Å². The van der Waals surface area contributed by atoms with Gasteiger partial charge in [0.2, 0.25) is 5.95 Å². The van der Waals surface area contributed by atoms with E-state index in [0.717, 1.165) is 20.9 Å². The molecule has 3 rings (SSSR count). The summed E-state index contributed by atoms with van der Waals surface area (Å²) in [5, 5.41) is 5.38. The van der Waals surface area contributed by atoms with E-state index in [4.69, 9.17) is 5.73 Å². The molecular formula is C13H10BrN5. The highest BCUT2D eigenvalue weighted by molar-refractivity contribution is 9.10. The van der Waals surface area contributed by atoms with Crippen LogP contribution in [0.2, 0.25) is 0 Å². The number of aromatic nitrogens is 3. The van der Waals surface area contributed by atoms with Crippen LogP contribution in [0.1, 0.15) is 0 Å². The minimum Gasteiger partial charge on any atom is -0.368 e. The van der Waals surface area contributed by atoms with Gasteiger partial charge in [-0.3, -0.25) is 4.98 Å². The second-order valence-corrected chi connectivity index (χ2v) is 4.81. The average Bonchev–Trinajstić information content (AvgIpc) is 2.43. The van der Waals surface area contributed by atoms with E-state index in [1.165, 1.54) is 0 Å². The highest BCUT2D eigenvalue weighted by Crippen LogP contribution is 2.28. The number of nitrogens with one attached hydrogen (secondary N) is 1. The van der Waals surface area contributed by atoms with Gasteiger partial charge in [-0.2, -0.15) is 4.98 Å². The number of halogens is 1. The molecule has 0 amide bonds. The third kappa shape index (κ3) is 2.34. The average molecular weight is 316 g/mol. The van der Waals surface area contributed by atoms with E-state index < -0.39 is 0 Å². The van der Waals surface area contributed by atoms with Gasteiger partial charge in [0.1, 0.15) is 5.82 Å². The van der Waals surface area contributed by atoms with E-state index in [1.54, 1.807) is 12.4 Å². The maximum atomic E-state index is 5.60. The molecule has 0 saturated carbocycles. The van der Waals surface area contributed by atoms with Gasteiger partial charge in [0.05, 0.1) is 4.47 Å². The lowest BCUT2D eigenvalue weighted by Gasteiger charge is -2.10. The Balaban J connectivity index is 2.08. The summed E-state index contributed by atoms with van der Waals surface area (Å²) in [5.74, 6) is 0.865. The van der Waals surface area contributed by atoms with E-state index in [1.807, 2.05) is 30.5 Å². The van der Waals surface area contributed by atoms with Crippen LogP contribution in [0.5, 0.6) is 0 Å². The summed E-state index contributed by atoms with van der Waals surface area (Å²) in [5.41, 5.74) is 6.54. The number of pyridine rings is 1. The van der Waals surface area contributed by atoms with Gasteiger partial charge < -0.3 is 11.1 Å². The van der Waals surface area contributed by atoms with Crippen molar-refractivity contribution < 1.29 is 0 Å². The zero-order chi connectivity index (χ0) is 13.2. The minimum atomic E-state index is 0.229. The highest BCUT2D eigenvalue weighted by Gasteiger charge is 2.06. The van der Waals surface area contributed by atoms with Gasteiger partial charge in [0.25, 0.3) is 0 Å². The Morgan fingerprint density at radius 1 is 1.16 bits per heavy atom. The molecule has 0 aliphatic carbocycles. The first-order valence-electron chi connectivity index (χ1n) is 5.62. The number of nitrogens with zero attached hydrogens (tertiary/aromatic N) is 3. The van der Waals surface area contributed by atoms with Gasteiger partial charge in [-0.25, -0.2) is 4.98 Å². The van der Waals surface area contributed by atoms with Crippen molar-refractivity contribution in [2.75, 3.05) is 11.1 Å². The van der Waals surface area contributed by atoms with Crippen molar-refractivity contribution in [3.63, 3.8) is 0 Å². The first-order valence-corrected chi connectivity index (χ1v) is 6.41. The number of hydrogen-bond donors (Lipinski definition) is 2. The quantitative estimate of drug-likeness (QED) is 0.759. The molecule has 2 heterocycles. The molecule has 0 aliphatic heterocycles. The first-order chi connectivity index (χ1) is 9.24. The number of rotatable bonds is 2. The van der Waals surface area contributed by atoms with Gasteiger partial charge in [0.15, 0.2) is 0 Å². The van der Waals surface area contributed by atoms with E-state index >= 15 is 0 Å². The number of benzene rings is 1. The minimum absolute atomic E-state index is 0.229. The summed E-state index contributed by atoms with van der Waals surface area (Å²) in [7, 11) is 0. The second kappa shape index (κ2) is 4.81. The molecule has 1 aromatic carbocycles. The van der Waals surface area contributed by atoms with Gasteiger partial charge in [-0.05, 0) is 28.1 Å². The molecule has 94 valence electrons. The van der Waals surface area contributed by atoms with Gasteiger partial charge >= 0.3 is 0 Å². The summed E-state index contributed by atoms with van der Waals surface area (Å²) in [4.78, 5) is 12.2. The van der Waals surface area contributed by atoms with Crippen LogP contribution in [0.3, 0.4) is 0 Å². The molecule has 0 fully saturated rings. The fraction of sp³-hybridized carbons (Fsp3) is 0. The molecule has 0 unspecified atom stereocenters. The molecule has 0 spiro atoms. The van der Waals surface area contributed by atoms with E-state index in [-0.39, 0.29) is 5.95 Å². The Morgan fingerprint density at radius 2 is 2.05 bits per heavy atom. The highest BCUT2D eigenvalue weighted by atomic mass is 79.9. The van der Waals surface area contributed by atoms with Crippen LogP contribution in [0.25, 0.3) is 10.8 Å². The van der Waals surface area contributed by atoms with Crippen molar-refractivity contribution in [2.24, 2.45) is 0 Å².